The number of carbonyl (C=O) groups excluding carboxylic acids is 1. The van der Waals surface area contributed by atoms with Crippen LogP contribution in [0.4, 0.5) is 0 Å². The zero-order chi connectivity index (χ0) is 23.8. The van der Waals surface area contributed by atoms with E-state index < -0.39 is 11.9 Å². The highest BCUT2D eigenvalue weighted by Gasteiger charge is 2.34. The second-order valence-corrected chi connectivity index (χ2v) is 9.22. The smallest absolute Gasteiger partial charge is 0.304 e. The summed E-state index contributed by atoms with van der Waals surface area (Å²) in [6, 6.07) is 17.1. The van der Waals surface area contributed by atoms with Crippen molar-refractivity contribution in [1.29, 1.82) is 0 Å². The Kier molecular flexibility index (Phi) is 8.80. The van der Waals surface area contributed by atoms with E-state index >= 15 is 0 Å². The Morgan fingerprint density at radius 1 is 1.18 bits per heavy atom. The Balaban J connectivity index is 1.80. The van der Waals surface area contributed by atoms with Gasteiger partial charge in [-0.25, -0.2) is 0 Å². The minimum Gasteiger partial charge on any atom is -0.481 e. The van der Waals surface area contributed by atoms with Gasteiger partial charge in [0.05, 0.1) is 17.4 Å². The van der Waals surface area contributed by atoms with Crippen LogP contribution in [0.2, 0.25) is 5.02 Å². The molecule has 2 atom stereocenters. The summed E-state index contributed by atoms with van der Waals surface area (Å²) in [4.78, 5) is 26.7. The number of halogens is 1. The van der Waals surface area contributed by atoms with Gasteiger partial charge in [-0.1, -0.05) is 90.6 Å². The van der Waals surface area contributed by atoms with E-state index in [-0.39, 0.29) is 18.2 Å². The third kappa shape index (κ3) is 6.76. The fourth-order valence-corrected chi connectivity index (χ4v) is 4.80. The molecular formula is C26H27ClN2O3S. The fraction of sp³-hybridized carbons (Fsp3) is 0.231. The molecule has 5 nitrogen and oxygen atoms in total. The first-order chi connectivity index (χ1) is 15.9. The van der Waals surface area contributed by atoms with E-state index in [0.717, 1.165) is 5.56 Å². The number of carbonyl (C=O) groups is 2. The molecule has 172 valence electrons. The molecule has 1 aliphatic rings. The van der Waals surface area contributed by atoms with Crippen molar-refractivity contribution in [3.05, 3.63) is 99.9 Å². The predicted octanol–water partition coefficient (Wildman–Crippen LogP) is 5.54. The Labute approximate surface area is 203 Å². The van der Waals surface area contributed by atoms with Gasteiger partial charge in [-0.15, -0.1) is 0 Å². The molecule has 1 aliphatic heterocycles. The molecule has 0 aliphatic carbocycles. The van der Waals surface area contributed by atoms with E-state index in [2.05, 4.69) is 6.58 Å². The highest BCUT2D eigenvalue weighted by atomic mass is 35.5. The highest BCUT2D eigenvalue weighted by Crippen LogP contribution is 2.32. The quantitative estimate of drug-likeness (QED) is 0.482. The highest BCUT2D eigenvalue weighted by molar-refractivity contribution is 8.05. The van der Waals surface area contributed by atoms with Crippen LogP contribution < -0.4 is 5.73 Å². The summed E-state index contributed by atoms with van der Waals surface area (Å²) < 4.78 is 0. The molecule has 0 unspecified atom stereocenters. The lowest BCUT2D eigenvalue weighted by molar-refractivity contribution is -0.145. The Morgan fingerprint density at radius 3 is 2.58 bits per heavy atom. The Morgan fingerprint density at radius 2 is 1.88 bits per heavy atom. The number of nitrogens with zero attached hydrogens (tertiary/aromatic N) is 1. The first kappa shape index (κ1) is 24.7. The number of nitrogens with two attached hydrogens (primary N) is 1. The molecule has 0 saturated carbocycles. The number of allylic oxidation sites excluding steroid dienone is 1. The van der Waals surface area contributed by atoms with Gasteiger partial charge in [0.25, 0.3) is 0 Å². The first-order valence-corrected chi connectivity index (χ1v) is 11.9. The van der Waals surface area contributed by atoms with E-state index in [1.54, 1.807) is 16.4 Å². The number of benzene rings is 2. The molecule has 0 bridgehead atoms. The van der Waals surface area contributed by atoms with Gasteiger partial charge in [-0.05, 0) is 30.4 Å². The number of amides is 1. The van der Waals surface area contributed by atoms with Crippen molar-refractivity contribution in [2.45, 2.75) is 19.3 Å². The molecule has 1 amide bonds. The number of aliphatic carboxylic acids is 1. The molecule has 0 radical (unpaired) electrons. The maximum Gasteiger partial charge on any atom is 0.304 e. The molecule has 2 aromatic rings. The molecule has 3 rings (SSSR count). The van der Waals surface area contributed by atoms with Crippen LogP contribution in [-0.4, -0.2) is 28.4 Å². The molecule has 0 saturated heterocycles. The maximum atomic E-state index is 13.5. The van der Waals surface area contributed by atoms with Crippen molar-refractivity contribution in [3.63, 3.8) is 0 Å². The minimum absolute atomic E-state index is 0.128. The monoisotopic (exact) mass is 482 g/mol. The van der Waals surface area contributed by atoms with Crippen molar-refractivity contribution in [1.82, 2.24) is 4.90 Å². The number of carboxylic acids is 1. The second kappa shape index (κ2) is 11.8. The zero-order valence-corrected chi connectivity index (χ0v) is 19.8. The van der Waals surface area contributed by atoms with E-state index in [9.17, 15) is 14.7 Å². The molecule has 33 heavy (non-hydrogen) atoms. The minimum atomic E-state index is -0.989. The molecule has 0 fully saturated rings. The fourth-order valence-electron chi connectivity index (χ4n) is 3.87. The Hall–Kier alpha value is -2.96. The third-order valence-electron chi connectivity index (χ3n) is 5.59. The van der Waals surface area contributed by atoms with Crippen molar-refractivity contribution in [2.75, 3.05) is 6.54 Å². The normalized spacial score (nSPS) is 20.1. The number of hydrogen-bond acceptors (Lipinski definition) is 4. The summed E-state index contributed by atoms with van der Waals surface area (Å²) in [5.74, 6) is -2.01. The molecule has 1 heterocycles. The van der Waals surface area contributed by atoms with E-state index in [1.807, 2.05) is 60.7 Å². The van der Waals surface area contributed by atoms with Crippen LogP contribution in [0.1, 0.15) is 24.0 Å². The van der Waals surface area contributed by atoms with Crippen molar-refractivity contribution >= 4 is 40.9 Å². The standard InChI is InChI=1S/C26H27ClN2O3S/c1-18(33-17-24(28)21-12-5-6-13-23(21)27)29-14-8-7-11-20(15-19-9-3-2-4-10-19)22(26(29)32)16-25(30)31/h2-10,12-13,17,20,22H,1,11,14-16,28H2,(H,30,31)/b8-7-,24-17-/t20-,22+/m1/s1. The summed E-state index contributed by atoms with van der Waals surface area (Å²) in [7, 11) is 0. The molecular weight excluding hydrogens is 456 g/mol. The lowest BCUT2D eigenvalue weighted by atomic mass is 9.80. The number of rotatable bonds is 8. The lowest BCUT2D eigenvalue weighted by Crippen LogP contribution is -2.40. The van der Waals surface area contributed by atoms with Gasteiger partial charge in [0, 0.05) is 28.2 Å². The topological polar surface area (TPSA) is 83.6 Å². The largest absolute Gasteiger partial charge is 0.481 e. The first-order valence-electron chi connectivity index (χ1n) is 10.6. The van der Waals surface area contributed by atoms with Crippen LogP contribution in [0.25, 0.3) is 5.70 Å². The van der Waals surface area contributed by atoms with E-state index in [0.29, 0.717) is 40.7 Å². The summed E-state index contributed by atoms with van der Waals surface area (Å²) in [6.45, 7) is 4.40. The lowest BCUT2D eigenvalue weighted by Gasteiger charge is -2.32. The summed E-state index contributed by atoms with van der Waals surface area (Å²) >= 11 is 7.44. The van der Waals surface area contributed by atoms with Gasteiger partial charge in [-0.3, -0.25) is 9.59 Å². The Bertz CT molecular complexity index is 1070. The molecule has 0 aromatic heterocycles. The second-order valence-electron chi connectivity index (χ2n) is 7.87. The van der Waals surface area contributed by atoms with Gasteiger partial charge >= 0.3 is 5.97 Å². The van der Waals surface area contributed by atoms with Gasteiger partial charge in [0.1, 0.15) is 0 Å². The molecule has 2 aromatic carbocycles. The van der Waals surface area contributed by atoms with E-state index in [1.165, 1.54) is 11.8 Å². The summed E-state index contributed by atoms with van der Waals surface area (Å²) in [5.41, 5.74) is 8.43. The number of hydrogen-bond donors (Lipinski definition) is 2. The van der Waals surface area contributed by atoms with Crippen molar-refractivity contribution in [3.8, 4) is 0 Å². The van der Waals surface area contributed by atoms with Crippen LogP contribution in [0.5, 0.6) is 0 Å². The number of carboxylic acid groups (broad SMARTS) is 1. The molecule has 7 heteroatoms. The van der Waals surface area contributed by atoms with E-state index in [4.69, 9.17) is 17.3 Å². The number of thioether (sulfide) groups is 1. The maximum absolute atomic E-state index is 13.5. The van der Waals surface area contributed by atoms with Crippen LogP contribution in [0, 0.1) is 11.8 Å². The van der Waals surface area contributed by atoms with Gasteiger partial charge < -0.3 is 15.7 Å². The molecule has 3 N–H and O–H groups in total. The third-order valence-corrected chi connectivity index (χ3v) is 6.78. The van der Waals surface area contributed by atoms with Crippen LogP contribution in [0.15, 0.2) is 83.8 Å². The average molecular weight is 483 g/mol. The van der Waals surface area contributed by atoms with Crippen LogP contribution in [0.3, 0.4) is 0 Å². The van der Waals surface area contributed by atoms with Crippen molar-refractivity contribution in [2.24, 2.45) is 17.6 Å². The van der Waals surface area contributed by atoms with Crippen LogP contribution in [-0.2, 0) is 16.0 Å². The average Bonchev–Trinajstić information content (AvgIpc) is 2.80. The van der Waals surface area contributed by atoms with Crippen molar-refractivity contribution < 1.29 is 14.7 Å². The zero-order valence-electron chi connectivity index (χ0n) is 18.2. The predicted molar refractivity (Wildman–Crippen MR) is 135 cm³/mol. The summed E-state index contributed by atoms with van der Waals surface area (Å²) in [5, 5.41) is 12.2. The van der Waals surface area contributed by atoms with Gasteiger partial charge in [0.2, 0.25) is 5.91 Å². The SMILES string of the molecule is C=C(S/C=C(\N)c1ccccc1Cl)N1C/C=C\C[C@H](Cc2ccccc2)[C@H](CC(=O)O)C1=O. The van der Waals surface area contributed by atoms with Crippen LogP contribution >= 0.6 is 23.4 Å². The molecule has 0 spiro atoms. The van der Waals surface area contributed by atoms with Gasteiger partial charge in [-0.2, -0.15) is 0 Å². The summed E-state index contributed by atoms with van der Waals surface area (Å²) in [6.07, 6.45) is 5.00. The van der Waals surface area contributed by atoms with Gasteiger partial charge in [0.15, 0.2) is 0 Å².